The van der Waals surface area contributed by atoms with Crippen molar-refractivity contribution in [1.82, 2.24) is 5.32 Å². The number of methoxy groups -OCH3 is 1. The van der Waals surface area contributed by atoms with Crippen molar-refractivity contribution in [3.05, 3.63) is 35.9 Å². The van der Waals surface area contributed by atoms with Crippen molar-refractivity contribution in [2.45, 2.75) is 25.5 Å². The van der Waals surface area contributed by atoms with E-state index in [1.54, 1.807) is 31.2 Å². The van der Waals surface area contributed by atoms with E-state index < -0.39 is 24.0 Å². The largest absolute Gasteiger partial charge is 0.480 e. The number of carboxylic acids is 1. The molecule has 0 unspecified atom stereocenters. The molecular weight excluding hydrogens is 234 g/mol. The molecule has 0 aliphatic rings. The number of carboxylic acid groups (broad SMARTS) is 1. The first-order chi connectivity index (χ1) is 8.60. The summed E-state index contributed by atoms with van der Waals surface area (Å²) in [6, 6.07) is 8.05. The second-order valence-electron chi connectivity index (χ2n) is 3.83. The van der Waals surface area contributed by atoms with Gasteiger partial charge >= 0.3 is 5.97 Å². The number of nitrogens with one attached hydrogen (secondary N) is 1. The minimum absolute atomic E-state index is 0.326. The van der Waals surface area contributed by atoms with Crippen molar-refractivity contribution >= 4 is 11.9 Å². The quantitative estimate of drug-likeness (QED) is 0.800. The van der Waals surface area contributed by atoms with Gasteiger partial charge in [0.15, 0.2) is 6.10 Å². The summed E-state index contributed by atoms with van der Waals surface area (Å²) in [6.45, 7) is 1.70. The average molecular weight is 251 g/mol. The molecule has 0 heterocycles. The van der Waals surface area contributed by atoms with Gasteiger partial charge in [-0.1, -0.05) is 37.3 Å². The van der Waals surface area contributed by atoms with Crippen molar-refractivity contribution in [3.8, 4) is 0 Å². The molecule has 1 aromatic carbocycles. The highest BCUT2D eigenvalue weighted by Gasteiger charge is 2.24. The Morgan fingerprint density at radius 3 is 2.39 bits per heavy atom. The Balaban J connectivity index is 2.78. The summed E-state index contributed by atoms with van der Waals surface area (Å²) in [5.41, 5.74) is 0.692. The van der Waals surface area contributed by atoms with Gasteiger partial charge in [0, 0.05) is 7.11 Å². The molecule has 18 heavy (non-hydrogen) atoms. The molecule has 0 radical (unpaired) electrons. The van der Waals surface area contributed by atoms with Crippen LogP contribution in [-0.2, 0) is 14.3 Å². The van der Waals surface area contributed by atoms with E-state index in [9.17, 15) is 9.59 Å². The van der Waals surface area contributed by atoms with E-state index in [2.05, 4.69) is 5.32 Å². The Labute approximate surface area is 106 Å². The summed E-state index contributed by atoms with van der Waals surface area (Å²) >= 11 is 0. The van der Waals surface area contributed by atoms with Gasteiger partial charge in [-0.05, 0) is 12.0 Å². The third kappa shape index (κ3) is 3.56. The van der Waals surface area contributed by atoms with Crippen LogP contribution in [0.2, 0.25) is 0 Å². The van der Waals surface area contributed by atoms with Crippen LogP contribution in [0.15, 0.2) is 30.3 Å². The fourth-order valence-corrected chi connectivity index (χ4v) is 1.61. The predicted molar refractivity (Wildman–Crippen MR) is 66.0 cm³/mol. The zero-order chi connectivity index (χ0) is 13.5. The third-order valence-electron chi connectivity index (χ3n) is 2.60. The molecule has 5 heteroatoms. The van der Waals surface area contributed by atoms with Crippen molar-refractivity contribution in [2.24, 2.45) is 0 Å². The number of ether oxygens (including phenoxy) is 1. The van der Waals surface area contributed by atoms with Gasteiger partial charge in [0.05, 0.1) is 0 Å². The second kappa shape index (κ2) is 6.76. The van der Waals surface area contributed by atoms with E-state index in [4.69, 9.17) is 9.84 Å². The van der Waals surface area contributed by atoms with Crippen molar-refractivity contribution in [2.75, 3.05) is 7.11 Å². The van der Waals surface area contributed by atoms with Crippen LogP contribution in [-0.4, -0.2) is 30.1 Å². The van der Waals surface area contributed by atoms with Gasteiger partial charge in [-0.25, -0.2) is 4.79 Å². The molecule has 2 N–H and O–H groups in total. The second-order valence-corrected chi connectivity index (χ2v) is 3.83. The summed E-state index contributed by atoms with van der Waals surface area (Å²) in [6.07, 6.45) is -0.466. The standard InChI is InChI=1S/C13H17NO4/c1-3-10(13(16)17)14-12(15)11(18-2)9-7-5-4-6-8-9/h4-8,10-11H,3H2,1-2H3,(H,14,15)(H,16,17)/t10-,11-/m1/s1. The molecule has 1 amide bonds. The Morgan fingerprint density at radius 1 is 1.33 bits per heavy atom. The number of rotatable bonds is 6. The van der Waals surface area contributed by atoms with Crippen LogP contribution in [0.3, 0.4) is 0 Å². The minimum Gasteiger partial charge on any atom is -0.480 e. The maximum Gasteiger partial charge on any atom is 0.326 e. The highest BCUT2D eigenvalue weighted by Crippen LogP contribution is 2.16. The molecule has 0 spiro atoms. The molecule has 0 aliphatic heterocycles. The molecule has 5 nitrogen and oxygen atoms in total. The maximum absolute atomic E-state index is 11.9. The monoisotopic (exact) mass is 251 g/mol. The van der Waals surface area contributed by atoms with Crippen LogP contribution in [0.4, 0.5) is 0 Å². The minimum atomic E-state index is -1.05. The number of benzene rings is 1. The number of carbonyl (C=O) groups is 2. The Morgan fingerprint density at radius 2 is 1.94 bits per heavy atom. The van der Waals surface area contributed by atoms with Crippen molar-refractivity contribution in [1.29, 1.82) is 0 Å². The molecule has 0 fully saturated rings. The smallest absolute Gasteiger partial charge is 0.326 e. The van der Waals surface area contributed by atoms with Crippen molar-refractivity contribution in [3.63, 3.8) is 0 Å². The van der Waals surface area contributed by atoms with E-state index in [0.717, 1.165) is 0 Å². The summed E-state index contributed by atoms with van der Waals surface area (Å²) in [4.78, 5) is 22.8. The molecular formula is C13H17NO4. The lowest BCUT2D eigenvalue weighted by molar-refractivity contribution is -0.144. The summed E-state index contributed by atoms with van der Waals surface area (Å²) in [5, 5.41) is 11.3. The van der Waals surface area contributed by atoms with Crippen molar-refractivity contribution < 1.29 is 19.4 Å². The lowest BCUT2D eigenvalue weighted by atomic mass is 10.1. The summed E-state index contributed by atoms with van der Waals surface area (Å²) < 4.78 is 5.12. The molecule has 0 aliphatic carbocycles. The number of hydrogen-bond acceptors (Lipinski definition) is 3. The van der Waals surface area contributed by atoms with E-state index in [0.29, 0.717) is 12.0 Å². The zero-order valence-corrected chi connectivity index (χ0v) is 10.4. The predicted octanol–water partition coefficient (Wildman–Crippen LogP) is 1.35. The summed E-state index contributed by atoms with van der Waals surface area (Å²) in [5.74, 6) is -1.49. The Kier molecular flexibility index (Phi) is 5.32. The first-order valence-electron chi connectivity index (χ1n) is 5.71. The first-order valence-corrected chi connectivity index (χ1v) is 5.71. The number of carbonyl (C=O) groups excluding carboxylic acids is 1. The third-order valence-corrected chi connectivity index (χ3v) is 2.60. The first kappa shape index (κ1) is 14.2. The Hall–Kier alpha value is -1.88. The van der Waals surface area contributed by atoms with Gasteiger partial charge in [-0.2, -0.15) is 0 Å². The van der Waals surface area contributed by atoms with Crippen LogP contribution in [0.1, 0.15) is 25.0 Å². The highest BCUT2D eigenvalue weighted by molar-refractivity contribution is 5.87. The average Bonchev–Trinajstić information content (AvgIpc) is 2.37. The van der Waals surface area contributed by atoms with Gasteiger partial charge in [0.2, 0.25) is 0 Å². The number of aliphatic carboxylic acids is 1. The number of amides is 1. The Bertz CT molecular complexity index is 405. The SMILES string of the molecule is CC[C@@H](NC(=O)[C@H](OC)c1ccccc1)C(=O)O. The van der Waals surface area contributed by atoms with Crippen LogP contribution >= 0.6 is 0 Å². The van der Waals surface area contributed by atoms with Crippen LogP contribution in [0.25, 0.3) is 0 Å². The van der Waals surface area contributed by atoms with E-state index in [1.807, 2.05) is 6.07 Å². The van der Waals surface area contributed by atoms with Gasteiger partial charge in [0.1, 0.15) is 6.04 Å². The van der Waals surface area contributed by atoms with E-state index in [1.165, 1.54) is 7.11 Å². The van der Waals surface area contributed by atoms with E-state index >= 15 is 0 Å². The zero-order valence-electron chi connectivity index (χ0n) is 10.4. The fraction of sp³-hybridized carbons (Fsp3) is 0.385. The molecule has 0 saturated carbocycles. The normalized spacial score (nSPS) is 13.7. The molecule has 0 saturated heterocycles. The lowest BCUT2D eigenvalue weighted by Crippen LogP contribution is -2.43. The van der Waals surface area contributed by atoms with Gasteiger partial charge in [0.25, 0.3) is 5.91 Å². The van der Waals surface area contributed by atoms with E-state index in [-0.39, 0.29) is 0 Å². The molecule has 1 rings (SSSR count). The highest BCUT2D eigenvalue weighted by atomic mass is 16.5. The maximum atomic E-state index is 11.9. The molecule has 2 atom stereocenters. The van der Waals surface area contributed by atoms with Gasteiger partial charge in [-0.3, -0.25) is 4.79 Å². The molecule has 98 valence electrons. The topological polar surface area (TPSA) is 75.6 Å². The molecule has 0 aromatic heterocycles. The molecule has 0 bridgehead atoms. The molecule has 1 aromatic rings. The fourth-order valence-electron chi connectivity index (χ4n) is 1.61. The number of hydrogen-bond donors (Lipinski definition) is 2. The lowest BCUT2D eigenvalue weighted by Gasteiger charge is -2.18. The van der Waals surface area contributed by atoms with Crippen LogP contribution in [0.5, 0.6) is 0 Å². The summed E-state index contributed by atoms with van der Waals surface area (Å²) in [7, 11) is 1.42. The van der Waals surface area contributed by atoms with Gasteiger partial charge in [-0.15, -0.1) is 0 Å². The van der Waals surface area contributed by atoms with Gasteiger partial charge < -0.3 is 15.2 Å². The van der Waals surface area contributed by atoms with Crippen LogP contribution in [0, 0.1) is 0 Å². The van der Waals surface area contributed by atoms with Crippen LogP contribution < -0.4 is 5.32 Å².